The molecule has 0 bridgehead atoms. The van der Waals surface area contributed by atoms with E-state index in [2.05, 4.69) is 0 Å². The Morgan fingerprint density at radius 3 is 2.52 bits per heavy atom. The summed E-state index contributed by atoms with van der Waals surface area (Å²) in [6.07, 6.45) is 0. The van der Waals surface area contributed by atoms with Crippen LogP contribution in [0.15, 0.2) is 35.7 Å². The van der Waals surface area contributed by atoms with Crippen molar-refractivity contribution in [3.05, 3.63) is 57.3 Å². The first-order chi connectivity index (χ1) is 10.0. The fourth-order valence-corrected chi connectivity index (χ4v) is 3.17. The van der Waals surface area contributed by atoms with Crippen molar-refractivity contribution in [1.29, 1.82) is 0 Å². The van der Waals surface area contributed by atoms with Gasteiger partial charge in [0.2, 0.25) is 0 Å². The summed E-state index contributed by atoms with van der Waals surface area (Å²) in [5.41, 5.74) is 0.414. The number of hydrogen-bond acceptors (Lipinski definition) is 4. The minimum Gasteiger partial charge on any atom is -0.478 e. The van der Waals surface area contributed by atoms with Crippen molar-refractivity contribution in [2.75, 3.05) is 0 Å². The lowest BCUT2D eigenvalue weighted by Crippen LogP contribution is -2.32. The number of carbonyl (C=O) groups is 3. The molecule has 0 aliphatic carbocycles. The van der Waals surface area contributed by atoms with Crippen LogP contribution in [0.1, 0.15) is 48.9 Å². The number of imide groups is 1. The molecule has 106 valence electrons. The Balaban J connectivity index is 2.02. The van der Waals surface area contributed by atoms with Gasteiger partial charge in [0.05, 0.1) is 22.7 Å². The monoisotopic (exact) mass is 301 g/mol. The maximum absolute atomic E-state index is 12.4. The van der Waals surface area contributed by atoms with Gasteiger partial charge in [-0.25, -0.2) is 4.79 Å². The second kappa shape index (κ2) is 4.82. The van der Waals surface area contributed by atoms with Crippen LogP contribution in [0.3, 0.4) is 0 Å². The lowest BCUT2D eigenvalue weighted by molar-refractivity contribution is 0.0597. The molecule has 0 radical (unpaired) electrons. The van der Waals surface area contributed by atoms with Crippen molar-refractivity contribution >= 4 is 29.1 Å². The molecule has 2 heterocycles. The summed E-state index contributed by atoms with van der Waals surface area (Å²) in [5.74, 6) is -1.95. The maximum Gasteiger partial charge on any atom is 0.335 e. The van der Waals surface area contributed by atoms with E-state index < -0.39 is 11.9 Å². The molecule has 1 atom stereocenters. The predicted octanol–water partition coefficient (Wildman–Crippen LogP) is 2.80. The van der Waals surface area contributed by atoms with E-state index in [0.29, 0.717) is 0 Å². The summed E-state index contributed by atoms with van der Waals surface area (Å²) >= 11 is 1.47. The van der Waals surface area contributed by atoms with E-state index in [4.69, 9.17) is 5.11 Å². The molecule has 0 saturated heterocycles. The predicted molar refractivity (Wildman–Crippen MR) is 76.6 cm³/mol. The third-order valence-corrected chi connectivity index (χ3v) is 4.55. The van der Waals surface area contributed by atoms with Crippen LogP contribution < -0.4 is 0 Å². The topological polar surface area (TPSA) is 74.7 Å². The molecular weight excluding hydrogens is 290 g/mol. The molecule has 1 unspecified atom stereocenters. The summed E-state index contributed by atoms with van der Waals surface area (Å²) in [5, 5.41) is 10.9. The number of carboxylic acid groups (broad SMARTS) is 1. The van der Waals surface area contributed by atoms with Crippen LogP contribution in [-0.2, 0) is 0 Å². The number of thiophene rings is 1. The zero-order valence-corrected chi connectivity index (χ0v) is 11.9. The molecule has 3 rings (SSSR count). The highest BCUT2D eigenvalue weighted by atomic mass is 32.1. The number of aromatic carboxylic acids is 1. The number of fused-ring (bicyclic) bond motifs is 1. The lowest BCUT2D eigenvalue weighted by Gasteiger charge is -2.21. The second-order valence-corrected chi connectivity index (χ2v) is 5.72. The van der Waals surface area contributed by atoms with Gasteiger partial charge in [0.15, 0.2) is 0 Å². The zero-order chi connectivity index (χ0) is 15.1. The minimum atomic E-state index is -1.12. The Hall–Kier alpha value is -2.47. The summed E-state index contributed by atoms with van der Waals surface area (Å²) in [6, 6.07) is 7.36. The second-order valence-electron chi connectivity index (χ2n) is 4.74. The molecule has 2 aromatic rings. The van der Waals surface area contributed by atoms with Crippen LogP contribution in [0.25, 0.3) is 0 Å². The van der Waals surface area contributed by atoms with Gasteiger partial charge < -0.3 is 5.11 Å². The smallest absolute Gasteiger partial charge is 0.335 e. The Morgan fingerprint density at radius 2 is 1.90 bits per heavy atom. The van der Waals surface area contributed by atoms with Gasteiger partial charge in [-0.1, -0.05) is 6.07 Å². The lowest BCUT2D eigenvalue weighted by atomic mass is 10.1. The Bertz CT molecular complexity index is 751. The molecule has 1 aliphatic rings. The first-order valence-corrected chi connectivity index (χ1v) is 7.17. The van der Waals surface area contributed by atoms with Gasteiger partial charge >= 0.3 is 5.97 Å². The number of hydrogen-bond donors (Lipinski definition) is 1. The van der Waals surface area contributed by atoms with Crippen LogP contribution in [-0.4, -0.2) is 27.8 Å². The van der Waals surface area contributed by atoms with E-state index in [0.717, 1.165) is 4.88 Å². The average molecular weight is 301 g/mol. The minimum absolute atomic E-state index is 0.000488. The van der Waals surface area contributed by atoms with Gasteiger partial charge in [0.25, 0.3) is 11.8 Å². The number of rotatable bonds is 3. The maximum atomic E-state index is 12.4. The number of carboxylic acids is 1. The first-order valence-electron chi connectivity index (χ1n) is 6.29. The van der Waals surface area contributed by atoms with Gasteiger partial charge in [-0.3, -0.25) is 14.5 Å². The van der Waals surface area contributed by atoms with E-state index in [1.54, 1.807) is 6.92 Å². The summed E-state index contributed by atoms with van der Waals surface area (Å²) in [4.78, 5) is 37.9. The largest absolute Gasteiger partial charge is 0.478 e. The van der Waals surface area contributed by atoms with E-state index in [1.165, 1.54) is 34.4 Å². The molecule has 2 amide bonds. The van der Waals surface area contributed by atoms with E-state index in [9.17, 15) is 14.4 Å². The van der Waals surface area contributed by atoms with E-state index >= 15 is 0 Å². The van der Waals surface area contributed by atoms with Gasteiger partial charge in [0.1, 0.15) is 0 Å². The van der Waals surface area contributed by atoms with Crippen LogP contribution in [0.5, 0.6) is 0 Å². The third kappa shape index (κ3) is 2.04. The fraction of sp³-hybridized carbons (Fsp3) is 0.133. The van der Waals surface area contributed by atoms with E-state index in [1.807, 2.05) is 17.5 Å². The molecule has 6 heteroatoms. The molecule has 0 spiro atoms. The molecular formula is C15H11NO4S. The molecule has 21 heavy (non-hydrogen) atoms. The van der Waals surface area contributed by atoms with E-state index in [-0.39, 0.29) is 28.6 Å². The Kier molecular flexibility index (Phi) is 3.10. The fourth-order valence-electron chi connectivity index (χ4n) is 2.40. The van der Waals surface area contributed by atoms with Crippen LogP contribution in [0, 0.1) is 0 Å². The molecule has 1 aromatic carbocycles. The van der Waals surface area contributed by atoms with Crippen molar-refractivity contribution in [3.8, 4) is 0 Å². The molecule has 1 aliphatic heterocycles. The average Bonchev–Trinajstić information content (AvgIpc) is 3.07. The standard InChI is InChI=1S/C15H11NO4S/c1-8(12-3-2-6-21-12)16-13(17)10-5-4-9(15(19)20)7-11(10)14(16)18/h2-8H,1H3,(H,19,20). The van der Waals surface area contributed by atoms with Crippen molar-refractivity contribution in [2.24, 2.45) is 0 Å². The van der Waals surface area contributed by atoms with Gasteiger partial charge in [-0.15, -0.1) is 11.3 Å². The Morgan fingerprint density at radius 1 is 1.19 bits per heavy atom. The normalized spacial score (nSPS) is 15.2. The van der Waals surface area contributed by atoms with Crippen molar-refractivity contribution in [2.45, 2.75) is 13.0 Å². The third-order valence-electron chi connectivity index (χ3n) is 3.51. The van der Waals surface area contributed by atoms with Gasteiger partial charge in [-0.05, 0) is 36.6 Å². The highest BCUT2D eigenvalue weighted by molar-refractivity contribution is 7.10. The molecule has 1 N–H and O–H groups in total. The number of nitrogens with zero attached hydrogens (tertiary/aromatic N) is 1. The SMILES string of the molecule is CC(c1cccs1)N1C(=O)c2ccc(C(=O)O)cc2C1=O. The molecule has 0 fully saturated rings. The summed E-state index contributed by atoms with van der Waals surface area (Å²) in [7, 11) is 0. The highest BCUT2D eigenvalue weighted by Gasteiger charge is 2.39. The van der Waals surface area contributed by atoms with Crippen LogP contribution in [0.4, 0.5) is 0 Å². The van der Waals surface area contributed by atoms with Gasteiger partial charge in [-0.2, -0.15) is 0 Å². The highest BCUT2D eigenvalue weighted by Crippen LogP contribution is 2.33. The number of carbonyl (C=O) groups excluding carboxylic acids is 2. The zero-order valence-electron chi connectivity index (χ0n) is 11.1. The quantitative estimate of drug-likeness (QED) is 0.885. The van der Waals surface area contributed by atoms with Crippen LogP contribution in [0.2, 0.25) is 0 Å². The number of benzene rings is 1. The van der Waals surface area contributed by atoms with Crippen molar-refractivity contribution in [3.63, 3.8) is 0 Å². The molecule has 0 saturated carbocycles. The van der Waals surface area contributed by atoms with Gasteiger partial charge in [0, 0.05) is 4.88 Å². The first kappa shape index (κ1) is 13.5. The van der Waals surface area contributed by atoms with Crippen molar-refractivity contribution in [1.82, 2.24) is 4.90 Å². The summed E-state index contributed by atoms with van der Waals surface area (Å²) < 4.78 is 0. The van der Waals surface area contributed by atoms with Crippen LogP contribution >= 0.6 is 11.3 Å². The Labute approximate surface area is 124 Å². The molecule has 5 nitrogen and oxygen atoms in total. The number of amides is 2. The summed E-state index contributed by atoms with van der Waals surface area (Å²) in [6.45, 7) is 1.78. The molecule has 1 aromatic heterocycles. The van der Waals surface area contributed by atoms with Crippen molar-refractivity contribution < 1.29 is 19.5 Å².